The number of nitrogens with zero attached hydrogens (tertiary/aromatic N) is 3. The molecule has 19 heavy (non-hydrogen) atoms. The number of carbonyl (C=O) groups is 2. The molecular formula is C11H15N3O5. The topological polar surface area (TPSA) is 90.9 Å². The zero-order valence-corrected chi connectivity index (χ0v) is 11.0. The van der Waals surface area contributed by atoms with Crippen LogP contribution in [-0.4, -0.2) is 56.3 Å². The summed E-state index contributed by atoms with van der Waals surface area (Å²) in [6.07, 6.45) is 2.83. The fourth-order valence-corrected chi connectivity index (χ4v) is 1.25. The van der Waals surface area contributed by atoms with Crippen LogP contribution in [-0.2, 0) is 19.1 Å². The van der Waals surface area contributed by atoms with E-state index in [2.05, 4.69) is 19.4 Å². The molecule has 8 nitrogen and oxygen atoms in total. The Morgan fingerprint density at radius 3 is 2.16 bits per heavy atom. The number of esters is 2. The van der Waals surface area contributed by atoms with Crippen LogP contribution in [0.25, 0.3) is 0 Å². The van der Waals surface area contributed by atoms with Gasteiger partial charge in [-0.05, 0) is 0 Å². The molecule has 0 atom stereocenters. The van der Waals surface area contributed by atoms with E-state index in [0.717, 1.165) is 0 Å². The maximum Gasteiger partial charge on any atom is 0.325 e. The third kappa shape index (κ3) is 4.41. The molecule has 0 bridgehead atoms. The third-order valence-electron chi connectivity index (χ3n) is 2.23. The summed E-state index contributed by atoms with van der Waals surface area (Å²) in [5.41, 5.74) is 0. The van der Waals surface area contributed by atoms with E-state index in [1.165, 1.54) is 38.6 Å². The van der Waals surface area contributed by atoms with Crippen molar-refractivity contribution in [3.05, 3.63) is 12.4 Å². The number of hydrogen-bond donors (Lipinski definition) is 0. The summed E-state index contributed by atoms with van der Waals surface area (Å²) >= 11 is 0. The quantitative estimate of drug-likeness (QED) is 0.646. The Morgan fingerprint density at radius 1 is 1.11 bits per heavy atom. The van der Waals surface area contributed by atoms with Crippen molar-refractivity contribution in [2.75, 3.05) is 39.3 Å². The van der Waals surface area contributed by atoms with Crippen molar-refractivity contribution < 1.29 is 23.8 Å². The molecule has 0 saturated carbocycles. The fraction of sp³-hybridized carbons (Fsp3) is 0.455. The number of methoxy groups -OCH3 is 3. The van der Waals surface area contributed by atoms with Crippen LogP contribution in [0, 0.1) is 0 Å². The van der Waals surface area contributed by atoms with Gasteiger partial charge in [-0.3, -0.25) is 14.6 Å². The van der Waals surface area contributed by atoms with Gasteiger partial charge in [-0.25, -0.2) is 0 Å². The minimum absolute atomic E-state index is 0.145. The minimum Gasteiger partial charge on any atom is -0.480 e. The van der Waals surface area contributed by atoms with Crippen molar-refractivity contribution in [1.29, 1.82) is 0 Å². The summed E-state index contributed by atoms with van der Waals surface area (Å²) in [5.74, 6) is -0.422. The molecule has 0 N–H and O–H groups in total. The van der Waals surface area contributed by atoms with Crippen molar-refractivity contribution in [3.63, 3.8) is 0 Å². The zero-order valence-electron chi connectivity index (χ0n) is 11.0. The van der Waals surface area contributed by atoms with Crippen LogP contribution in [0.3, 0.4) is 0 Å². The maximum atomic E-state index is 11.3. The van der Waals surface area contributed by atoms with Gasteiger partial charge >= 0.3 is 11.9 Å². The summed E-state index contributed by atoms with van der Waals surface area (Å²) in [6, 6.07) is 0. The standard InChI is InChI=1S/C11H15N3O5/c1-17-9-5-12-4-8(13-9)14(6-10(15)18-2)7-11(16)19-3/h4-5H,6-7H2,1-3H3. The van der Waals surface area contributed by atoms with E-state index in [-0.39, 0.29) is 19.0 Å². The lowest BCUT2D eigenvalue weighted by atomic mass is 10.4. The first-order valence-electron chi connectivity index (χ1n) is 5.35. The molecule has 1 heterocycles. The zero-order chi connectivity index (χ0) is 14.3. The van der Waals surface area contributed by atoms with E-state index in [1.807, 2.05) is 0 Å². The van der Waals surface area contributed by atoms with E-state index in [9.17, 15) is 9.59 Å². The first-order valence-corrected chi connectivity index (χ1v) is 5.35. The van der Waals surface area contributed by atoms with E-state index in [1.54, 1.807) is 0 Å². The molecule has 8 heteroatoms. The van der Waals surface area contributed by atoms with Gasteiger partial charge in [-0.2, -0.15) is 4.98 Å². The lowest BCUT2D eigenvalue weighted by Gasteiger charge is -2.20. The highest BCUT2D eigenvalue weighted by Crippen LogP contribution is 2.13. The molecular weight excluding hydrogens is 254 g/mol. The summed E-state index contributed by atoms with van der Waals surface area (Å²) in [5, 5.41) is 0. The van der Waals surface area contributed by atoms with Crippen LogP contribution in [0.15, 0.2) is 12.4 Å². The predicted octanol–water partition coefficient (Wildman–Crippen LogP) is -0.362. The molecule has 0 aromatic carbocycles. The number of aromatic nitrogens is 2. The molecule has 104 valence electrons. The first-order chi connectivity index (χ1) is 9.10. The molecule has 0 radical (unpaired) electrons. The highest BCUT2D eigenvalue weighted by atomic mass is 16.5. The normalized spacial score (nSPS) is 9.63. The molecule has 0 aliphatic carbocycles. The molecule has 0 unspecified atom stereocenters. The highest BCUT2D eigenvalue weighted by Gasteiger charge is 2.18. The third-order valence-corrected chi connectivity index (χ3v) is 2.23. The Hall–Kier alpha value is -2.38. The van der Waals surface area contributed by atoms with Crippen LogP contribution in [0.2, 0.25) is 0 Å². The molecule has 0 spiro atoms. The van der Waals surface area contributed by atoms with Crippen molar-refractivity contribution in [3.8, 4) is 5.88 Å². The number of anilines is 1. The molecule has 0 amide bonds. The predicted molar refractivity (Wildman–Crippen MR) is 64.8 cm³/mol. The molecule has 0 fully saturated rings. The second-order valence-corrected chi connectivity index (χ2v) is 3.43. The number of rotatable bonds is 6. The lowest BCUT2D eigenvalue weighted by Crippen LogP contribution is -2.36. The smallest absolute Gasteiger partial charge is 0.325 e. The van der Waals surface area contributed by atoms with Crippen molar-refractivity contribution in [2.24, 2.45) is 0 Å². The molecule has 0 aliphatic heterocycles. The molecule has 0 saturated heterocycles. The Kier molecular flexibility index (Phi) is 5.52. The van der Waals surface area contributed by atoms with E-state index in [0.29, 0.717) is 5.82 Å². The highest BCUT2D eigenvalue weighted by molar-refractivity contribution is 5.80. The average molecular weight is 269 g/mol. The number of hydrogen-bond acceptors (Lipinski definition) is 8. The van der Waals surface area contributed by atoms with Gasteiger partial charge in [0.25, 0.3) is 0 Å². The molecule has 0 aliphatic rings. The maximum absolute atomic E-state index is 11.3. The summed E-state index contributed by atoms with van der Waals surface area (Å²) in [6.45, 7) is -0.291. The first kappa shape index (κ1) is 14.7. The summed E-state index contributed by atoms with van der Waals surface area (Å²) in [7, 11) is 3.96. The van der Waals surface area contributed by atoms with Gasteiger partial charge < -0.3 is 19.1 Å². The summed E-state index contributed by atoms with van der Waals surface area (Å²) < 4.78 is 14.1. The molecule has 1 rings (SSSR count). The van der Waals surface area contributed by atoms with Gasteiger partial charge in [0.05, 0.1) is 33.7 Å². The van der Waals surface area contributed by atoms with Gasteiger partial charge in [-0.15, -0.1) is 0 Å². The van der Waals surface area contributed by atoms with Crippen molar-refractivity contribution >= 4 is 17.8 Å². The minimum atomic E-state index is -0.506. The molecule has 1 aromatic rings. The lowest BCUT2D eigenvalue weighted by molar-refractivity contribution is -0.140. The van der Waals surface area contributed by atoms with Crippen molar-refractivity contribution in [1.82, 2.24) is 9.97 Å². The Bertz CT molecular complexity index is 434. The Balaban J connectivity index is 2.92. The number of ether oxygens (including phenoxy) is 3. The largest absolute Gasteiger partial charge is 0.480 e. The van der Waals surface area contributed by atoms with Gasteiger partial charge in [0.15, 0.2) is 5.82 Å². The van der Waals surface area contributed by atoms with Crippen LogP contribution in [0.1, 0.15) is 0 Å². The molecule has 1 aromatic heterocycles. The Labute approximate surface area is 110 Å². The van der Waals surface area contributed by atoms with E-state index in [4.69, 9.17) is 4.74 Å². The van der Waals surface area contributed by atoms with Gasteiger partial charge in [0.2, 0.25) is 5.88 Å². The fourth-order valence-electron chi connectivity index (χ4n) is 1.25. The monoisotopic (exact) mass is 269 g/mol. The van der Waals surface area contributed by atoms with Crippen LogP contribution in [0.5, 0.6) is 5.88 Å². The van der Waals surface area contributed by atoms with Gasteiger partial charge in [-0.1, -0.05) is 0 Å². The van der Waals surface area contributed by atoms with E-state index < -0.39 is 11.9 Å². The van der Waals surface area contributed by atoms with Gasteiger partial charge in [0.1, 0.15) is 13.1 Å². The Morgan fingerprint density at radius 2 is 1.68 bits per heavy atom. The van der Waals surface area contributed by atoms with Crippen LogP contribution < -0.4 is 9.64 Å². The summed E-state index contributed by atoms with van der Waals surface area (Å²) in [4.78, 5) is 32.0. The second kappa shape index (κ2) is 7.14. The van der Waals surface area contributed by atoms with Crippen LogP contribution in [0.4, 0.5) is 5.82 Å². The van der Waals surface area contributed by atoms with Crippen LogP contribution >= 0.6 is 0 Å². The van der Waals surface area contributed by atoms with Crippen molar-refractivity contribution in [2.45, 2.75) is 0 Å². The SMILES string of the molecule is COC(=O)CN(CC(=O)OC)c1cncc(OC)n1. The average Bonchev–Trinajstić information content (AvgIpc) is 2.46. The van der Waals surface area contributed by atoms with Gasteiger partial charge in [0, 0.05) is 0 Å². The van der Waals surface area contributed by atoms with E-state index >= 15 is 0 Å². The number of carbonyl (C=O) groups excluding carboxylic acids is 2. The second-order valence-electron chi connectivity index (χ2n) is 3.43.